The molecule has 2 aromatic carbocycles. The second-order valence-electron chi connectivity index (χ2n) is 8.68. The Morgan fingerprint density at radius 2 is 1.91 bits per heavy atom. The van der Waals surface area contributed by atoms with Gasteiger partial charge in [-0.3, -0.25) is 9.48 Å². The van der Waals surface area contributed by atoms with Crippen LogP contribution in [0.3, 0.4) is 0 Å². The molecule has 7 nitrogen and oxygen atoms in total. The van der Waals surface area contributed by atoms with Crippen LogP contribution in [0.2, 0.25) is 0 Å². The lowest BCUT2D eigenvalue weighted by molar-refractivity contribution is 0.0653. The minimum absolute atomic E-state index is 0.0562. The number of benzene rings is 2. The SMILES string of the molecule is CCn1cc(C(=O)N2CCc3cnn(C)c3C2Cc2ccc(OC)c(OC)c2)c2ccccc21. The number of hydrogen-bond donors (Lipinski definition) is 0. The predicted octanol–water partition coefficient (Wildman–Crippen LogP) is 4.39. The van der Waals surface area contributed by atoms with Gasteiger partial charge in [-0.25, -0.2) is 0 Å². The van der Waals surface area contributed by atoms with Crippen molar-refractivity contribution in [1.82, 2.24) is 19.2 Å². The third-order valence-corrected chi connectivity index (χ3v) is 6.88. The molecule has 0 aliphatic carbocycles. The first-order valence-electron chi connectivity index (χ1n) is 11.7. The van der Waals surface area contributed by atoms with Gasteiger partial charge in [0.15, 0.2) is 11.5 Å². The van der Waals surface area contributed by atoms with E-state index in [0.717, 1.165) is 40.7 Å². The maximum Gasteiger partial charge on any atom is 0.256 e. The lowest BCUT2D eigenvalue weighted by Crippen LogP contribution is -2.41. The number of methoxy groups -OCH3 is 2. The third-order valence-electron chi connectivity index (χ3n) is 6.88. The van der Waals surface area contributed by atoms with Crippen molar-refractivity contribution < 1.29 is 14.3 Å². The Bertz CT molecular complexity index is 1350. The molecule has 5 rings (SSSR count). The van der Waals surface area contributed by atoms with Gasteiger partial charge in [0.2, 0.25) is 0 Å². The zero-order valence-corrected chi connectivity index (χ0v) is 20.1. The van der Waals surface area contributed by atoms with E-state index < -0.39 is 0 Å². The standard InChI is InChI=1S/C27H30N4O3/c1-5-30-17-21(20-8-6-7-9-22(20)30)27(32)31-13-12-19-16-28-29(2)26(19)23(31)14-18-10-11-24(33-3)25(15-18)34-4/h6-11,15-17,23H,5,12-14H2,1-4H3. The summed E-state index contributed by atoms with van der Waals surface area (Å²) in [4.78, 5) is 16.1. The van der Waals surface area contributed by atoms with Gasteiger partial charge in [0, 0.05) is 37.2 Å². The fourth-order valence-corrected chi connectivity index (χ4v) is 5.17. The molecule has 7 heteroatoms. The van der Waals surface area contributed by atoms with Crippen LogP contribution in [0, 0.1) is 0 Å². The zero-order valence-electron chi connectivity index (χ0n) is 20.1. The predicted molar refractivity (Wildman–Crippen MR) is 132 cm³/mol. The van der Waals surface area contributed by atoms with Crippen molar-refractivity contribution in [3.8, 4) is 11.5 Å². The lowest BCUT2D eigenvalue weighted by Gasteiger charge is -2.36. The van der Waals surface area contributed by atoms with E-state index in [0.29, 0.717) is 24.5 Å². The largest absolute Gasteiger partial charge is 0.493 e. The number of ether oxygens (including phenoxy) is 2. The first-order valence-corrected chi connectivity index (χ1v) is 11.7. The Hall–Kier alpha value is -3.74. The number of fused-ring (bicyclic) bond motifs is 2. The number of rotatable bonds is 6. The van der Waals surface area contributed by atoms with Gasteiger partial charge in [-0.1, -0.05) is 24.3 Å². The van der Waals surface area contributed by atoms with Crippen LogP contribution in [0.5, 0.6) is 11.5 Å². The van der Waals surface area contributed by atoms with Gasteiger partial charge >= 0.3 is 0 Å². The summed E-state index contributed by atoms with van der Waals surface area (Å²) in [7, 11) is 5.23. The summed E-state index contributed by atoms with van der Waals surface area (Å²) in [5, 5.41) is 5.51. The van der Waals surface area contributed by atoms with E-state index in [4.69, 9.17) is 9.47 Å². The molecule has 0 fully saturated rings. The van der Waals surface area contributed by atoms with Crippen LogP contribution in [0.15, 0.2) is 54.9 Å². The molecule has 0 spiro atoms. The van der Waals surface area contributed by atoms with Crippen molar-refractivity contribution >= 4 is 16.8 Å². The molecule has 0 N–H and O–H groups in total. The number of nitrogens with zero attached hydrogens (tertiary/aromatic N) is 4. The summed E-state index contributed by atoms with van der Waals surface area (Å²) < 4.78 is 15.0. The number of aryl methyl sites for hydroxylation is 2. The normalized spacial score (nSPS) is 15.4. The average Bonchev–Trinajstić information content (AvgIpc) is 3.44. The van der Waals surface area contributed by atoms with Crippen LogP contribution in [-0.2, 0) is 26.4 Å². The molecule has 176 valence electrons. The van der Waals surface area contributed by atoms with Crippen LogP contribution >= 0.6 is 0 Å². The number of para-hydroxylation sites is 1. The van der Waals surface area contributed by atoms with E-state index in [1.54, 1.807) is 14.2 Å². The summed E-state index contributed by atoms with van der Waals surface area (Å²) in [5.41, 5.74) is 5.20. The smallest absolute Gasteiger partial charge is 0.256 e. The highest BCUT2D eigenvalue weighted by Gasteiger charge is 2.35. The van der Waals surface area contributed by atoms with Crippen molar-refractivity contribution in [3.63, 3.8) is 0 Å². The van der Waals surface area contributed by atoms with Gasteiger partial charge in [0.1, 0.15) is 0 Å². The number of aromatic nitrogens is 3. The monoisotopic (exact) mass is 458 g/mol. The summed E-state index contributed by atoms with van der Waals surface area (Å²) in [6, 6.07) is 13.9. The fraction of sp³-hybridized carbons (Fsp3) is 0.333. The highest BCUT2D eigenvalue weighted by Crippen LogP contribution is 2.36. The van der Waals surface area contributed by atoms with E-state index in [9.17, 15) is 4.79 Å². The molecule has 1 unspecified atom stereocenters. The molecule has 1 atom stereocenters. The Balaban J connectivity index is 1.57. The Labute approximate surface area is 199 Å². The van der Waals surface area contributed by atoms with Crippen molar-refractivity contribution in [2.75, 3.05) is 20.8 Å². The van der Waals surface area contributed by atoms with Gasteiger partial charge in [-0.05, 0) is 49.1 Å². The minimum atomic E-state index is -0.134. The Kier molecular flexibility index (Phi) is 5.77. The summed E-state index contributed by atoms with van der Waals surface area (Å²) >= 11 is 0. The van der Waals surface area contributed by atoms with Gasteiger partial charge < -0.3 is 18.9 Å². The molecule has 0 saturated carbocycles. The highest BCUT2D eigenvalue weighted by molar-refractivity contribution is 6.07. The average molecular weight is 459 g/mol. The number of carbonyl (C=O) groups is 1. The number of amides is 1. The van der Waals surface area contributed by atoms with Gasteiger partial charge in [-0.15, -0.1) is 0 Å². The topological polar surface area (TPSA) is 61.5 Å². The second-order valence-corrected chi connectivity index (χ2v) is 8.68. The van der Waals surface area contributed by atoms with Gasteiger partial charge in [0.05, 0.1) is 37.7 Å². The molecule has 0 radical (unpaired) electrons. The van der Waals surface area contributed by atoms with E-state index >= 15 is 0 Å². The third kappa shape index (κ3) is 3.61. The summed E-state index contributed by atoms with van der Waals surface area (Å²) in [6.07, 6.45) is 5.38. The van der Waals surface area contributed by atoms with Gasteiger partial charge in [-0.2, -0.15) is 5.10 Å². The fourth-order valence-electron chi connectivity index (χ4n) is 5.17. The summed E-state index contributed by atoms with van der Waals surface area (Å²) in [5.74, 6) is 1.43. The molecule has 34 heavy (non-hydrogen) atoms. The van der Waals surface area contributed by atoms with Crippen molar-refractivity contribution in [2.45, 2.75) is 32.4 Å². The van der Waals surface area contributed by atoms with Crippen molar-refractivity contribution in [3.05, 3.63) is 77.2 Å². The van der Waals surface area contributed by atoms with E-state index in [-0.39, 0.29) is 11.9 Å². The van der Waals surface area contributed by atoms with E-state index in [2.05, 4.69) is 22.7 Å². The van der Waals surface area contributed by atoms with Gasteiger partial charge in [0.25, 0.3) is 5.91 Å². The van der Waals surface area contributed by atoms with Crippen LogP contribution in [0.1, 0.15) is 40.1 Å². The quantitative estimate of drug-likeness (QED) is 0.430. The molecule has 2 aromatic heterocycles. The van der Waals surface area contributed by atoms with E-state index in [1.807, 2.05) is 65.4 Å². The molecular weight excluding hydrogens is 428 g/mol. The first kappa shape index (κ1) is 22.1. The number of hydrogen-bond acceptors (Lipinski definition) is 4. The second kappa shape index (κ2) is 8.89. The Morgan fingerprint density at radius 3 is 2.68 bits per heavy atom. The van der Waals surface area contributed by atoms with Crippen molar-refractivity contribution in [1.29, 1.82) is 0 Å². The minimum Gasteiger partial charge on any atom is -0.493 e. The molecular formula is C27H30N4O3. The molecule has 0 bridgehead atoms. The van der Waals surface area contributed by atoms with Crippen LogP contribution < -0.4 is 9.47 Å². The highest BCUT2D eigenvalue weighted by atomic mass is 16.5. The maximum atomic E-state index is 14.0. The van der Waals surface area contributed by atoms with Crippen LogP contribution in [0.25, 0.3) is 10.9 Å². The lowest BCUT2D eigenvalue weighted by atomic mass is 9.93. The van der Waals surface area contributed by atoms with Crippen LogP contribution in [-0.4, -0.2) is 45.9 Å². The van der Waals surface area contributed by atoms with Crippen molar-refractivity contribution in [2.24, 2.45) is 7.05 Å². The first-order chi connectivity index (χ1) is 16.5. The van der Waals surface area contributed by atoms with E-state index in [1.165, 1.54) is 5.56 Å². The number of carbonyl (C=O) groups excluding carboxylic acids is 1. The zero-order chi connectivity index (χ0) is 23.8. The molecule has 3 heterocycles. The molecule has 1 aliphatic rings. The van der Waals surface area contributed by atoms with Crippen LogP contribution in [0.4, 0.5) is 0 Å². The molecule has 1 amide bonds. The molecule has 4 aromatic rings. The molecule has 1 aliphatic heterocycles. The summed E-state index contributed by atoms with van der Waals surface area (Å²) in [6.45, 7) is 3.57. The Morgan fingerprint density at radius 1 is 1.12 bits per heavy atom. The maximum absolute atomic E-state index is 14.0. The molecule has 0 saturated heterocycles.